The average Bonchev–Trinajstić information content (AvgIpc) is 3.05. The Labute approximate surface area is 170 Å². The number of aliphatic imine (C=N–C) groups is 1. The molecule has 4 rings (SSSR count). The largest absolute Gasteiger partial charge is 0.370 e. The summed E-state index contributed by atoms with van der Waals surface area (Å²) < 4.78 is 0. The molecule has 5 nitrogen and oxygen atoms in total. The molecule has 1 aliphatic rings. The maximum atomic E-state index is 6.09. The molecular formula is C20H24IN5. The number of guanidine groups is 1. The van der Waals surface area contributed by atoms with Gasteiger partial charge >= 0.3 is 0 Å². The maximum Gasteiger partial charge on any atom is 0.193 e. The highest BCUT2D eigenvalue weighted by Gasteiger charge is 2.13. The van der Waals surface area contributed by atoms with Gasteiger partial charge in [-0.05, 0) is 55.0 Å². The molecule has 0 amide bonds. The lowest BCUT2D eigenvalue weighted by molar-refractivity contribution is 0.687. The number of H-pyrrole nitrogens is 1. The monoisotopic (exact) mass is 461 g/mol. The summed E-state index contributed by atoms with van der Waals surface area (Å²) in [5.74, 6) is 1.41. The first-order valence-corrected chi connectivity index (χ1v) is 8.91. The number of aromatic nitrogens is 2. The molecule has 1 aliphatic carbocycles. The number of nitrogens with one attached hydrogen (secondary N) is 2. The molecule has 0 spiro atoms. The number of nitrogens with zero attached hydrogens (tertiary/aromatic N) is 2. The van der Waals surface area contributed by atoms with Crippen LogP contribution >= 0.6 is 24.0 Å². The van der Waals surface area contributed by atoms with E-state index in [0.29, 0.717) is 12.5 Å². The molecule has 6 heteroatoms. The second-order valence-electron chi connectivity index (χ2n) is 6.49. The van der Waals surface area contributed by atoms with Gasteiger partial charge in [0.05, 0.1) is 11.0 Å². The molecule has 3 aromatic rings. The van der Waals surface area contributed by atoms with Crippen LogP contribution < -0.4 is 11.1 Å². The van der Waals surface area contributed by atoms with Crippen molar-refractivity contribution in [3.8, 4) is 0 Å². The summed E-state index contributed by atoms with van der Waals surface area (Å²) in [6.07, 6.45) is 5.54. The molecule has 0 fully saturated rings. The van der Waals surface area contributed by atoms with E-state index in [4.69, 9.17) is 5.73 Å². The molecule has 1 heterocycles. The summed E-state index contributed by atoms with van der Waals surface area (Å²) in [6.45, 7) is 0.605. The third kappa shape index (κ3) is 4.17. The van der Waals surface area contributed by atoms with Crippen molar-refractivity contribution in [3.63, 3.8) is 0 Å². The number of rotatable bonds is 4. The van der Waals surface area contributed by atoms with Gasteiger partial charge in [-0.2, -0.15) is 0 Å². The minimum absolute atomic E-state index is 0. The number of hydrogen-bond acceptors (Lipinski definition) is 2. The highest BCUT2D eigenvalue weighted by atomic mass is 127. The number of fused-ring (bicyclic) bond motifs is 2. The van der Waals surface area contributed by atoms with Gasteiger partial charge < -0.3 is 16.0 Å². The Balaban J connectivity index is 0.00000196. The van der Waals surface area contributed by atoms with E-state index in [1.807, 2.05) is 24.3 Å². The van der Waals surface area contributed by atoms with Crippen molar-refractivity contribution < 1.29 is 0 Å². The Bertz CT molecular complexity index is 882. The second kappa shape index (κ2) is 8.53. The van der Waals surface area contributed by atoms with Crippen molar-refractivity contribution in [1.82, 2.24) is 9.97 Å². The molecule has 4 N–H and O–H groups in total. The van der Waals surface area contributed by atoms with Gasteiger partial charge in [0, 0.05) is 18.7 Å². The van der Waals surface area contributed by atoms with E-state index in [1.165, 1.54) is 24.0 Å². The number of nitrogens with two attached hydrogens (primary N) is 1. The van der Waals surface area contributed by atoms with E-state index in [0.717, 1.165) is 41.8 Å². The lowest BCUT2D eigenvalue weighted by Gasteiger charge is -2.19. The van der Waals surface area contributed by atoms with Crippen LogP contribution in [0.4, 0.5) is 5.69 Å². The van der Waals surface area contributed by atoms with Crippen LogP contribution in [0.2, 0.25) is 0 Å². The topological polar surface area (TPSA) is 79.1 Å². The van der Waals surface area contributed by atoms with Crippen LogP contribution in [0.1, 0.15) is 29.8 Å². The number of aromatic amines is 1. The predicted molar refractivity (Wildman–Crippen MR) is 118 cm³/mol. The van der Waals surface area contributed by atoms with Gasteiger partial charge in [-0.15, -0.1) is 24.0 Å². The van der Waals surface area contributed by atoms with Gasteiger partial charge in [-0.1, -0.05) is 24.3 Å². The van der Waals surface area contributed by atoms with Crippen LogP contribution in [0.5, 0.6) is 0 Å². The van der Waals surface area contributed by atoms with Crippen LogP contribution in [0.15, 0.2) is 47.5 Å². The summed E-state index contributed by atoms with van der Waals surface area (Å²) in [5.41, 5.74) is 12.1. The first kappa shape index (κ1) is 18.7. The number of anilines is 1. The maximum absolute atomic E-state index is 6.09. The zero-order valence-electron chi connectivity index (χ0n) is 14.7. The zero-order valence-corrected chi connectivity index (χ0v) is 17.0. The number of hydrogen-bond donors (Lipinski definition) is 3. The van der Waals surface area contributed by atoms with E-state index in [-0.39, 0.29) is 24.0 Å². The number of para-hydroxylation sites is 2. The molecule has 1 aromatic heterocycles. The fourth-order valence-corrected chi connectivity index (χ4v) is 3.48. The Morgan fingerprint density at radius 1 is 1.12 bits per heavy atom. The van der Waals surface area contributed by atoms with Gasteiger partial charge in [0.15, 0.2) is 5.96 Å². The molecule has 26 heavy (non-hydrogen) atoms. The van der Waals surface area contributed by atoms with Crippen LogP contribution in [0, 0.1) is 0 Å². The molecule has 0 unspecified atom stereocenters. The van der Waals surface area contributed by atoms with E-state index >= 15 is 0 Å². The molecule has 0 saturated carbocycles. The summed E-state index contributed by atoms with van der Waals surface area (Å²) in [4.78, 5) is 12.3. The Morgan fingerprint density at radius 3 is 2.85 bits per heavy atom. The number of imidazole rings is 1. The van der Waals surface area contributed by atoms with Crippen molar-refractivity contribution in [1.29, 1.82) is 0 Å². The van der Waals surface area contributed by atoms with Crippen molar-refractivity contribution in [2.75, 3.05) is 11.9 Å². The Kier molecular flexibility index (Phi) is 6.13. The molecule has 0 atom stereocenters. The standard InChI is InChI=1S/C20H23N5.HI/c21-20(25-16-11-5-7-14-6-1-2-8-15(14)16)22-13-12-19-23-17-9-3-4-10-18(17)24-19;/h3-5,7,9-11H,1-2,6,8,12-13H2,(H,23,24)(H3,21,22,25);1H. The van der Waals surface area contributed by atoms with Crippen LogP contribution in [-0.2, 0) is 19.3 Å². The van der Waals surface area contributed by atoms with Gasteiger partial charge in [0.2, 0.25) is 0 Å². The summed E-state index contributed by atoms with van der Waals surface area (Å²) >= 11 is 0. The zero-order chi connectivity index (χ0) is 17.1. The minimum atomic E-state index is 0. The molecule has 0 radical (unpaired) electrons. The Morgan fingerprint density at radius 2 is 1.96 bits per heavy atom. The smallest absolute Gasteiger partial charge is 0.193 e. The average molecular weight is 461 g/mol. The van der Waals surface area contributed by atoms with E-state index < -0.39 is 0 Å². The Hall–Kier alpha value is -2.09. The highest BCUT2D eigenvalue weighted by Crippen LogP contribution is 2.27. The normalized spacial score (nSPS) is 13.9. The second-order valence-corrected chi connectivity index (χ2v) is 6.49. The third-order valence-corrected chi connectivity index (χ3v) is 4.73. The lowest BCUT2D eigenvalue weighted by Crippen LogP contribution is -2.24. The quantitative estimate of drug-likeness (QED) is 0.312. The van der Waals surface area contributed by atoms with Crippen molar-refractivity contribution in [3.05, 3.63) is 59.4 Å². The first-order valence-electron chi connectivity index (χ1n) is 8.91. The van der Waals surface area contributed by atoms with E-state index in [9.17, 15) is 0 Å². The van der Waals surface area contributed by atoms with E-state index in [1.54, 1.807) is 0 Å². The van der Waals surface area contributed by atoms with Crippen LogP contribution in [0.25, 0.3) is 11.0 Å². The van der Waals surface area contributed by atoms with E-state index in [2.05, 4.69) is 38.5 Å². The first-order chi connectivity index (χ1) is 12.3. The molecule has 0 saturated heterocycles. The number of aryl methyl sites for hydroxylation is 1. The number of benzene rings is 2. The lowest BCUT2D eigenvalue weighted by atomic mass is 9.90. The molecule has 2 aromatic carbocycles. The summed E-state index contributed by atoms with van der Waals surface area (Å²) in [6, 6.07) is 14.4. The van der Waals surface area contributed by atoms with Gasteiger partial charge in [-0.3, -0.25) is 4.99 Å². The fraction of sp³-hybridized carbons (Fsp3) is 0.300. The molecular weight excluding hydrogens is 437 g/mol. The summed E-state index contributed by atoms with van der Waals surface area (Å²) in [5, 5.41) is 3.28. The van der Waals surface area contributed by atoms with Gasteiger partial charge in [0.25, 0.3) is 0 Å². The SMILES string of the molecule is I.NC(=NCCc1nc2ccccc2[nH]1)Nc1cccc2c1CCCC2. The van der Waals surface area contributed by atoms with Crippen LogP contribution in [0.3, 0.4) is 0 Å². The number of halogens is 1. The van der Waals surface area contributed by atoms with Crippen LogP contribution in [-0.4, -0.2) is 22.5 Å². The van der Waals surface area contributed by atoms with Gasteiger partial charge in [0.1, 0.15) is 5.82 Å². The molecule has 136 valence electrons. The fourth-order valence-electron chi connectivity index (χ4n) is 3.48. The van der Waals surface area contributed by atoms with Crippen molar-refractivity contribution in [2.24, 2.45) is 10.7 Å². The van der Waals surface area contributed by atoms with Gasteiger partial charge in [-0.25, -0.2) is 4.98 Å². The molecule has 0 aliphatic heterocycles. The van der Waals surface area contributed by atoms with Crippen molar-refractivity contribution in [2.45, 2.75) is 32.1 Å². The highest BCUT2D eigenvalue weighted by molar-refractivity contribution is 14.0. The summed E-state index contributed by atoms with van der Waals surface area (Å²) in [7, 11) is 0. The minimum Gasteiger partial charge on any atom is -0.370 e. The van der Waals surface area contributed by atoms with Crippen molar-refractivity contribution >= 4 is 46.7 Å². The molecule has 0 bridgehead atoms. The predicted octanol–water partition coefficient (Wildman–Crippen LogP) is 4.03. The third-order valence-electron chi connectivity index (χ3n) is 4.73.